The quantitative estimate of drug-likeness (QED) is 0.617. The first-order chi connectivity index (χ1) is 10.2. The van der Waals surface area contributed by atoms with Crippen molar-refractivity contribution in [2.45, 2.75) is 17.7 Å². The van der Waals surface area contributed by atoms with Gasteiger partial charge in [0.15, 0.2) is 14.8 Å². The molecule has 22 heavy (non-hydrogen) atoms. The van der Waals surface area contributed by atoms with Gasteiger partial charge in [-0.2, -0.15) is 0 Å². The average Bonchev–Trinajstić information content (AvgIpc) is 2.86. The van der Waals surface area contributed by atoms with Crippen LogP contribution >= 0.6 is 11.3 Å². The number of hydrogen-bond donors (Lipinski definition) is 0. The minimum Gasteiger partial charge on any atom is -0.357 e. The Hall–Kier alpha value is -1.93. The maximum absolute atomic E-state index is 11.6. The first-order valence-corrected chi connectivity index (χ1v) is 9.14. The van der Waals surface area contributed by atoms with E-state index in [9.17, 15) is 18.5 Å². The smallest absolute Gasteiger partial charge is 0.305 e. The van der Waals surface area contributed by atoms with Crippen molar-refractivity contribution in [1.82, 2.24) is 0 Å². The molecule has 0 saturated carbocycles. The Morgan fingerprint density at radius 1 is 1.27 bits per heavy atom. The molecular formula is C14H16N2O4S2. The van der Waals surface area contributed by atoms with Gasteiger partial charge in [0.2, 0.25) is 0 Å². The molecule has 0 fully saturated rings. The molecule has 0 atom stereocenters. The van der Waals surface area contributed by atoms with Crippen LogP contribution in [0.3, 0.4) is 0 Å². The molecule has 0 saturated heterocycles. The second kappa shape index (κ2) is 6.05. The fraction of sp³-hybridized carbons (Fsp3) is 0.286. The number of hydrogen-bond acceptors (Lipinski definition) is 6. The molecule has 0 N–H and O–H groups in total. The van der Waals surface area contributed by atoms with Gasteiger partial charge in [0.05, 0.1) is 4.92 Å². The van der Waals surface area contributed by atoms with E-state index in [4.69, 9.17) is 0 Å². The summed E-state index contributed by atoms with van der Waals surface area (Å²) in [4.78, 5) is 12.3. The molecular weight excluding hydrogens is 324 g/mol. The molecule has 1 heterocycles. The molecule has 0 radical (unpaired) electrons. The summed E-state index contributed by atoms with van der Waals surface area (Å²) in [7, 11) is -1.75. The lowest BCUT2D eigenvalue weighted by molar-refractivity contribution is -0.383. The predicted octanol–water partition coefficient (Wildman–Crippen LogP) is 3.00. The lowest BCUT2D eigenvalue weighted by Crippen LogP contribution is -2.16. The molecule has 2 rings (SSSR count). The Morgan fingerprint density at radius 2 is 1.86 bits per heavy atom. The third kappa shape index (κ3) is 3.63. The van der Waals surface area contributed by atoms with E-state index in [2.05, 4.69) is 0 Å². The van der Waals surface area contributed by atoms with E-state index in [0.29, 0.717) is 11.5 Å². The van der Waals surface area contributed by atoms with Crippen LogP contribution in [0.25, 0.3) is 0 Å². The van der Waals surface area contributed by atoms with Crippen molar-refractivity contribution in [2.24, 2.45) is 0 Å². The fourth-order valence-electron chi connectivity index (χ4n) is 1.98. The SMILES string of the molecule is Cc1ccc(CN(C)c2sc(S(C)(=O)=O)cc2[N+](=O)[O-])cc1. The summed E-state index contributed by atoms with van der Waals surface area (Å²) in [6, 6.07) is 8.95. The number of aryl methyl sites for hydroxylation is 1. The van der Waals surface area contributed by atoms with Gasteiger partial charge in [0.25, 0.3) is 0 Å². The van der Waals surface area contributed by atoms with E-state index in [-0.39, 0.29) is 9.90 Å². The molecule has 0 spiro atoms. The Bertz CT molecular complexity index is 795. The van der Waals surface area contributed by atoms with Crippen molar-refractivity contribution in [3.05, 3.63) is 51.6 Å². The Morgan fingerprint density at radius 3 is 2.36 bits per heavy atom. The summed E-state index contributed by atoms with van der Waals surface area (Å²) in [5, 5.41) is 11.5. The van der Waals surface area contributed by atoms with Crippen molar-refractivity contribution < 1.29 is 13.3 Å². The van der Waals surface area contributed by atoms with Crippen LogP contribution in [0, 0.1) is 17.0 Å². The average molecular weight is 340 g/mol. The van der Waals surface area contributed by atoms with Gasteiger partial charge >= 0.3 is 5.69 Å². The second-order valence-electron chi connectivity index (χ2n) is 5.13. The normalized spacial score (nSPS) is 11.4. The van der Waals surface area contributed by atoms with Gasteiger partial charge < -0.3 is 4.90 Å². The monoisotopic (exact) mass is 340 g/mol. The molecule has 0 unspecified atom stereocenters. The molecule has 0 amide bonds. The summed E-state index contributed by atoms with van der Waals surface area (Å²) in [6.45, 7) is 2.45. The number of thiophene rings is 1. The number of sulfone groups is 1. The van der Waals surface area contributed by atoms with Crippen LogP contribution in [0.4, 0.5) is 10.7 Å². The highest BCUT2D eigenvalue weighted by Crippen LogP contribution is 2.39. The predicted molar refractivity (Wildman–Crippen MR) is 87.4 cm³/mol. The summed E-state index contributed by atoms with van der Waals surface area (Å²) >= 11 is 0.922. The molecule has 6 nitrogen and oxygen atoms in total. The van der Waals surface area contributed by atoms with E-state index >= 15 is 0 Å². The highest BCUT2D eigenvalue weighted by molar-refractivity contribution is 7.92. The van der Waals surface area contributed by atoms with Gasteiger partial charge in [-0.25, -0.2) is 8.42 Å². The largest absolute Gasteiger partial charge is 0.357 e. The van der Waals surface area contributed by atoms with Crippen molar-refractivity contribution in [1.29, 1.82) is 0 Å². The molecule has 0 aliphatic carbocycles. The highest BCUT2D eigenvalue weighted by Gasteiger charge is 2.26. The molecule has 8 heteroatoms. The zero-order valence-corrected chi connectivity index (χ0v) is 14.1. The van der Waals surface area contributed by atoms with Crippen LogP contribution in [0.15, 0.2) is 34.5 Å². The lowest BCUT2D eigenvalue weighted by Gasteiger charge is -2.16. The maximum Gasteiger partial charge on any atom is 0.305 e. The van der Waals surface area contributed by atoms with E-state index in [1.165, 1.54) is 0 Å². The van der Waals surface area contributed by atoms with Gasteiger partial charge in [-0.1, -0.05) is 41.2 Å². The number of rotatable bonds is 5. The minimum absolute atomic E-state index is 0.00459. The minimum atomic E-state index is -3.46. The van der Waals surface area contributed by atoms with Crippen LogP contribution in [0.5, 0.6) is 0 Å². The number of anilines is 1. The summed E-state index contributed by atoms with van der Waals surface area (Å²) in [5.74, 6) is 0. The first-order valence-electron chi connectivity index (χ1n) is 6.43. The zero-order chi connectivity index (χ0) is 16.5. The molecule has 1 aromatic carbocycles. The third-order valence-electron chi connectivity index (χ3n) is 3.12. The van der Waals surface area contributed by atoms with Crippen molar-refractivity contribution in [2.75, 3.05) is 18.2 Å². The van der Waals surface area contributed by atoms with E-state index in [1.54, 1.807) is 11.9 Å². The van der Waals surface area contributed by atoms with Crippen molar-refractivity contribution in [3.63, 3.8) is 0 Å². The zero-order valence-electron chi connectivity index (χ0n) is 12.4. The van der Waals surface area contributed by atoms with Crippen LogP contribution in [-0.4, -0.2) is 26.6 Å². The van der Waals surface area contributed by atoms with Gasteiger partial charge in [0, 0.05) is 25.9 Å². The van der Waals surface area contributed by atoms with E-state index in [1.807, 2.05) is 31.2 Å². The molecule has 0 aliphatic rings. The number of nitrogens with zero attached hydrogens (tertiary/aromatic N) is 2. The fourth-order valence-corrected chi connectivity index (χ4v) is 3.96. The van der Waals surface area contributed by atoms with Gasteiger partial charge in [-0.15, -0.1) is 0 Å². The van der Waals surface area contributed by atoms with Crippen molar-refractivity contribution >= 4 is 31.9 Å². The number of benzene rings is 1. The molecule has 1 aromatic heterocycles. The third-order valence-corrected chi connectivity index (χ3v) is 6.16. The van der Waals surface area contributed by atoms with Gasteiger partial charge in [0.1, 0.15) is 4.21 Å². The van der Waals surface area contributed by atoms with E-state index < -0.39 is 14.8 Å². The maximum atomic E-state index is 11.6. The number of nitro groups is 1. The molecule has 0 aliphatic heterocycles. The Labute approximate surface area is 133 Å². The van der Waals surface area contributed by atoms with Gasteiger partial charge in [-0.05, 0) is 12.5 Å². The van der Waals surface area contributed by atoms with Crippen LogP contribution in [0.1, 0.15) is 11.1 Å². The van der Waals surface area contributed by atoms with Crippen LogP contribution < -0.4 is 4.90 Å². The van der Waals surface area contributed by atoms with Crippen LogP contribution in [-0.2, 0) is 16.4 Å². The topological polar surface area (TPSA) is 80.5 Å². The van der Waals surface area contributed by atoms with Gasteiger partial charge in [-0.3, -0.25) is 10.1 Å². The lowest BCUT2D eigenvalue weighted by atomic mass is 10.1. The highest BCUT2D eigenvalue weighted by atomic mass is 32.2. The summed E-state index contributed by atoms with van der Waals surface area (Å²) in [6.07, 6.45) is 1.05. The molecule has 2 aromatic rings. The van der Waals surface area contributed by atoms with E-state index in [0.717, 1.165) is 34.8 Å². The Balaban J connectivity index is 2.35. The standard InChI is InChI=1S/C14H16N2O4S2/c1-10-4-6-11(7-5-10)9-15(2)14-12(16(17)18)8-13(21-14)22(3,19)20/h4-8H,9H2,1-3H3. The first kappa shape index (κ1) is 16.4. The molecule has 0 bridgehead atoms. The van der Waals surface area contributed by atoms with Crippen LogP contribution in [0.2, 0.25) is 0 Å². The molecule has 118 valence electrons. The van der Waals surface area contributed by atoms with Crippen molar-refractivity contribution in [3.8, 4) is 0 Å². The second-order valence-corrected chi connectivity index (χ2v) is 8.40. The summed E-state index contributed by atoms with van der Waals surface area (Å²) in [5.41, 5.74) is 1.95. The Kier molecular flexibility index (Phi) is 4.52. The summed E-state index contributed by atoms with van der Waals surface area (Å²) < 4.78 is 23.2.